The summed E-state index contributed by atoms with van der Waals surface area (Å²) in [5, 5.41) is 7.69. The fourth-order valence-corrected chi connectivity index (χ4v) is 13.3. The molecule has 4 heterocycles. The van der Waals surface area contributed by atoms with Crippen molar-refractivity contribution in [2.24, 2.45) is 0 Å². The lowest BCUT2D eigenvalue weighted by Crippen LogP contribution is -2.12. The quantitative estimate of drug-likeness (QED) is 0.122. The molecule has 8 heteroatoms. The summed E-state index contributed by atoms with van der Waals surface area (Å²) in [6.45, 7) is 0. The van der Waals surface area contributed by atoms with Crippen molar-refractivity contribution in [2.45, 2.75) is 0 Å². The van der Waals surface area contributed by atoms with E-state index in [9.17, 15) is 0 Å². The van der Waals surface area contributed by atoms with Gasteiger partial charge in [0.15, 0.2) is 5.82 Å². The summed E-state index contributed by atoms with van der Waals surface area (Å²) in [6.07, 6.45) is 0. The average Bonchev–Trinajstić information content (AvgIpc) is 2.41. The zero-order valence-corrected chi connectivity index (χ0v) is 47.8. The van der Waals surface area contributed by atoms with Crippen LogP contribution >= 0.6 is 0 Å². The van der Waals surface area contributed by atoms with E-state index >= 15 is 0 Å². The predicted octanol–water partition coefficient (Wildman–Crippen LogP) is 21.3. The molecule has 88 heavy (non-hydrogen) atoms. The van der Waals surface area contributed by atoms with Crippen LogP contribution in [0.4, 0.5) is 51.2 Å². The lowest BCUT2D eigenvalue weighted by molar-refractivity contribution is 0.972. The molecule has 0 amide bonds. The zero-order valence-electron chi connectivity index (χ0n) is 47.8. The van der Waals surface area contributed by atoms with E-state index in [-0.39, 0.29) is 0 Å². The number of fused-ring (bicyclic) bond motifs is 10. The molecule has 13 aromatic carbocycles. The Kier molecular flexibility index (Phi) is 12.0. The molecule has 8 nitrogen and oxygen atoms in total. The summed E-state index contributed by atoms with van der Waals surface area (Å²) in [4.78, 5) is 18.7. The minimum atomic E-state index is 0.557. The van der Waals surface area contributed by atoms with Gasteiger partial charge in [0.2, 0.25) is 5.95 Å². The zero-order chi connectivity index (χ0) is 58.1. The van der Waals surface area contributed by atoms with Gasteiger partial charge in [-0.2, -0.15) is 4.98 Å². The highest BCUT2D eigenvalue weighted by atomic mass is 15.2. The molecule has 414 valence electrons. The van der Waals surface area contributed by atoms with Gasteiger partial charge in [-0.1, -0.05) is 176 Å². The molecule has 0 unspecified atom stereocenters. The molecule has 17 rings (SSSR count). The van der Waals surface area contributed by atoms with Gasteiger partial charge >= 0.3 is 0 Å². The number of hydrogen-bond donors (Lipinski definition) is 0. The van der Waals surface area contributed by atoms with Crippen LogP contribution in [0.3, 0.4) is 0 Å². The van der Waals surface area contributed by atoms with Crippen LogP contribution in [-0.2, 0) is 0 Å². The Balaban J connectivity index is 0.942. The number of anilines is 9. The van der Waals surface area contributed by atoms with Gasteiger partial charge in [-0.05, 0) is 152 Å². The van der Waals surface area contributed by atoms with Crippen molar-refractivity contribution in [3.8, 4) is 17.5 Å². The Bertz CT molecular complexity index is 5370. The van der Waals surface area contributed by atoms with Gasteiger partial charge in [0.05, 0.1) is 38.6 Å². The Morgan fingerprint density at radius 1 is 0.205 bits per heavy atom. The molecule has 0 saturated heterocycles. The largest absolute Gasteiger partial charge is 0.310 e. The minimum absolute atomic E-state index is 0.557. The third-order valence-corrected chi connectivity index (χ3v) is 17.1. The smallest absolute Gasteiger partial charge is 0.237 e. The van der Waals surface area contributed by atoms with Crippen LogP contribution in [0.25, 0.3) is 93.8 Å². The van der Waals surface area contributed by atoms with Crippen LogP contribution in [0.1, 0.15) is 0 Å². The van der Waals surface area contributed by atoms with Gasteiger partial charge < -0.3 is 19.3 Å². The van der Waals surface area contributed by atoms with Crippen LogP contribution < -0.4 is 14.7 Å². The summed E-state index contributed by atoms with van der Waals surface area (Å²) in [7, 11) is 0. The molecule has 17 aromatic rings. The first-order valence-electron chi connectivity index (χ1n) is 29.8. The van der Waals surface area contributed by atoms with Gasteiger partial charge in [-0.25, -0.2) is 4.98 Å². The summed E-state index contributed by atoms with van der Waals surface area (Å²) in [5.74, 6) is 1.31. The second-order valence-electron chi connectivity index (χ2n) is 22.2. The number of nitrogens with zero attached hydrogens (tertiary/aromatic N) is 8. The highest BCUT2D eigenvalue weighted by Gasteiger charge is 2.25. The topological polar surface area (TPSA) is 50.3 Å². The lowest BCUT2D eigenvalue weighted by atomic mass is 10.1. The molecule has 0 aliphatic rings. The van der Waals surface area contributed by atoms with E-state index in [2.05, 4.69) is 356 Å². The molecule has 0 bridgehead atoms. The molecule has 0 radical (unpaired) electrons. The van der Waals surface area contributed by atoms with E-state index in [4.69, 9.17) is 9.97 Å². The maximum absolute atomic E-state index is 5.99. The summed E-state index contributed by atoms with van der Waals surface area (Å²) < 4.78 is 7.01. The van der Waals surface area contributed by atoms with Crippen molar-refractivity contribution in [3.63, 3.8) is 0 Å². The van der Waals surface area contributed by atoms with Crippen molar-refractivity contribution in [2.75, 3.05) is 14.7 Å². The lowest BCUT2D eigenvalue weighted by Gasteiger charge is -2.26. The van der Waals surface area contributed by atoms with Crippen LogP contribution in [0, 0.1) is 0 Å². The summed E-state index contributed by atoms with van der Waals surface area (Å²) >= 11 is 0. The van der Waals surface area contributed by atoms with E-state index in [1.807, 2.05) is 0 Å². The van der Waals surface area contributed by atoms with Gasteiger partial charge in [0.25, 0.3) is 0 Å². The van der Waals surface area contributed by atoms with Gasteiger partial charge in [-0.3, -0.25) is 9.13 Å². The molecular weight excluding hydrogens is 1070 g/mol. The molecule has 0 aliphatic heterocycles. The Morgan fingerprint density at radius 2 is 0.534 bits per heavy atom. The van der Waals surface area contributed by atoms with E-state index in [0.29, 0.717) is 5.95 Å². The third kappa shape index (κ3) is 8.37. The molecule has 0 saturated carbocycles. The Hall–Kier alpha value is -12.0. The van der Waals surface area contributed by atoms with Crippen LogP contribution in [0.15, 0.2) is 328 Å². The van der Waals surface area contributed by atoms with E-state index < -0.39 is 0 Å². The Labute approximate surface area is 508 Å². The first-order chi connectivity index (χ1) is 43.7. The number of benzene rings is 13. The minimum Gasteiger partial charge on any atom is -0.310 e. The SMILES string of the molecule is c1ccc(N(c2ccc3nc(-n4c5ccccc5c5ccc(N(c6ccccc6)c6ccccc6)cc54)nc(-n4c5ccccc5c5ccc(N(c6ccccc6)c6ccccc6)cc54)c3c2)c2ccc3c(c2)c2ccccc2n3-c2ccccc2)cc1. The van der Waals surface area contributed by atoms with Crippen molar-refractivity contribution in [3.05, 3.63) is 328 Å². The second-order valence-corrected chi connectivity index (χ2v) is 22.2. The summed E-state index contributed by atoms with van der Waals surface area (Å²) in [6, 6.07) is 117. The van der Waals surface area contributed by atoms with Gasteiger partial charge in [0, 0.05) is 94.6 Å². The van der Waals surface area contributed by atoms with E-state index in [1.54, 1.807) is 0 Å². The molecule has 0 atom stereocenters. The van der Waals surface area contributed by atoms with E-state index in [1.165, 1.54) is 10.8 Å². The van der Waals surface area contributed by atoms with Crippen molar-refractivity contribution >= 4 is 128 Å². The number of hydrogen-bond acceptors (Lipinski definition) is 5. The first kappa shape index (κ1) is 50.5. The standard InChI is InChI=1S/C80H54N8/c1-7-25-55(26-8-1)83(56-27-9-2-10-28-56)63-43-47-68-65-37-19-23-41-74(65)87(77(68)53-63)79-71-52-61(85(59-33-15-5-16-34-59)62-46-50-76-70(51-62)67-39-21-22-40-73(67)86(76)60-35-17-6-18-36-60)45-49-72(71)81-80(82-79)88-75-42-24-20-38-66(75)69-48-44-64(54-78(69)88)84(57-29-11-3-12-30-57)58-31-13-4-14-32-58/h1-54H. The first-order valence-corrected chi connectivity index (χ1v) is 29.8. The summed E-state index contributed by atoms with van der Waals surface area (Å²) in [5.41, 5.74) is 17.5. The Morgan fingerprint density at radius 3 is 1.02 bits per heavy atom. The third-order valence-electron chi connectivity index (χ3n) is 17.1. The van der Waals surface area contributed by atoms with Gasteiger partial charge in [-0.15, -0.1) is 0 Å². The monoisotopic (exact) mass is 1130 g/mol. The number of rotatable bonds is 12. The number of para-hydroxylation sites is 9. The second kappa shape index (κ2) is 21.0. The highest BCUT2D eigenvalue weighted by Crippen LogP contribution is 2.45. The average molecular weight is 1130 g/mol. The molecule has 0 fully saturated rings. The van der Waals surface area contributed by atoms with Crippen molar-refractivity contribution < 1.29 is 0 Å². The maximum Gasteiger partial charge on any atom is 0.237 e. The molecular formula is C80H54N8. The van der Waals surface area contributed by atoms with Gasteiger partial charge in [0.1, 0.15) is 0 Å². The fraction of sp³-hybridized carbons (Fsp3) is 0. The molecule has 4 aromatic heterocycles. The van der Waals surface area contributed by atoms with Crippen molar-refractivity contribution in [1.82, 2.24) is 23.7 Å². The molecule has 0 spiro atoms. The molecule has 0 N–H and O–H groups in total. The van der Waals surface area contributed by atoms with Crippen molar-refractivity contribution in [1.29, 1.82) is 0 Å². The molecule has 0 aliphatic carbocycles. The number of aromatic nitrogens is 5. The normalized spacial score (nSPS) is 11.6. The highest BCUT2D eigenvalue weighted by molar-refractivity contribution is 6.14. The van der Waals surface area contributed by atoms with Crippen LogP contribution in [0.5, 0.6) is 0 Å². The van der Waals surface area contributed by atoms with Crippen LogP contribution in [-0.4, -0.2) is 23.7 Å². The maximum atomic E-state index is 5.99. The van der Waals surface area contributed by atoms with Crippen LogP contribution in [0.2, 0.25) is 0 Å². The van der Waals surface area contributed by atoms with E-state index in [0.717, 1.165) is 128 Å². The fourth-order valence-electron chi connectivity index (χ4n) is 13.3. The predicted molar refractivity (Wildman–Crippen MR) is 367 cm³/mol.